The molecule has 0 radical (unpaired) electrons. The largest absolute Gasteiger partial charge is 0.278 e. The molecule has 1 heterocycles. The third-order valence-corrected chi connectivity index (χ3v) is 2.24. The first-order valence-corrected chi connectivity index (χ1v) is 3.75. The van der Waals surface area contributed by atoms with Crippen molar-refractivity contribution in [2.45, 2.75) is 6.92 Å². The first-order chi connectivity index (χ1) is 5.29. The maximum atomic E-state index is 5.90. The van der Waals surface area contributed by atoms with E-state index in [0.29, 0.717) is 0 Å². The van der Waals surface area contributed by atoms with Crippen molar-refractivity contribution in [3.05, 3.63) is 28.9 Å². The van der Waals surface area contributed by atoms with Crippen LogP contribution in [0.15, 0.2) is 18.3 Å². The Labute approximate surface area is 69.2 Å². The Balaban J connectivity index is 2.93. The molecule has 1 aromatic carbocycles. The lowest BCUT2D eigenvalue weighted by Crippen LogP contribution is -1.75. The lowest BCUT2D eigenvalue weighted by Gasteiger charge is -1.96. The smallest absolute Gasteiger partial charge is 0.0654 e. The van der Waals surface area contributed by atoms with Gasteiger partial charge in [-0.2, -0.15) is 5.10 Å². The molecule has 3 heteroatoms. The minimum atomic E-state index is 0.791. The number of halogens is 1. The van der Waals surface area contributed by atoms with E-state index >= 15 is 0 Å². The second-order valence-electron chi connectivity index (χ2n) is 2.50. The van der Waals surface area contributed by atoms with Crippen LogP contribution in [-0.2, 0) is 0 Å². The van der Waals surface area contributed by atoms with E-state index in [4.69, 9.17) is 11.6 Å². The summed E-state index contributed by atoms with van der Waals surface area (Å²) in [5, 5.41) is 8.68. The number of aromatic nitrogens is 2. The van der Waals surface area contributed by atoms with Gasteiger partial charge in [-0.15, -0.1) is 0 Å². The lowest BCUT2D eigenvalue weighted by atomic mass is 10.1. The van der Waals surface area contributed by atoms with Crippen LogP contribution in [0.3, 0.4) is 0 Å². The van der Waals surface area contributed by atoms with Crippen LogP contribution in [-0.4, -0.2) is 10.2 Å². The van der Waals surface area contributed by atoms with Crippen molar-refractivity contribution < 1.29 is 0 Å². The maximum Gasteiger partial charge on any atom is 0.0654 e. The van der Waals surface area contributed by atoms with E-state index in [1.165, 1.54) is 0 Å². The molecule has 0 spiro atoms. The molecule has 0 unspecified atom stereocenters. The summed E-state index contributed by atoms with van der Waals surface area (Å²) < 4.78 is 0. The van der Waals surface area contributed by atoms with Gasteiger partial charge in [-0.25, -0.2) is 0 Å². The standard InChI is InChI=1S/C8H7ClN2/c1-5-6-4-10-11-8(6)3-2-7(5)9/h2-4H,1H3,(H,10,11). The van der Waals surface area contributed by atoms with Crippen molar-refractivity contribution in [1.29, 1.82) is 0 Å². The highest BCUT2D eigenvalue weighted by molar-refractivity contribution is 6.32. The van der Waals surface area contributed by atoms with Gasteiger partial charge in [-0.1, -0.05) is 11.6 Å². The molecule has 2 nitrogen and oxygen atoms in total. The maximum absolute atomic E-state index is 5.90. The Morgan fingerprint density at radius 2 is 2.27 bits per heavy atom. The van der Waals surface area contributed by atoms with Gasteiger partial charge in [0.15, 0.2) is 0 Å². The topological polar surface area (TPSA) is 28.7 Å². The number of fused-ring (bicyclic) bond motifs is 1. The predicted octanol–water partition coefficient (Wildman–Crippen LogP) is 2.52. The normalized spacial score (nSPS) is 10.7. The van der Waals surface area contributed by atoms with Crippen LogP contribution in [0.1, 0.15) is 5.56 Å². The molecule has 1 aromatic heterocycles. The van der Waals surface area contributed by atoms with E-state index in [-0.39, 0.29) is 0 Å². The molecule has 2 aromatic rings. The lowest BCUT2D eigenvalue weighted by molar-refractivity contribution is 1.12. The van der Waals surface area contributed by atoms with E-state index in [1.807, 2.05) is 19.1 Å². The summed E-state index contributed by atoms with van der Waals surface area (Å²) in [6.45, 7) is 1.99. The Morgan fingerprint density at radius 3 is 3.09 bits per heavy atom. The average molecular weight is 167 g/mol. The van der Waals surface area contributed by atoms with Crippen molar-refractivity contribution >= 4 is 22.5 Å². The fraction of sp³-hybridized carbons (Fsp3) is 0.125. The highest BCUT2D eigenvalue weighted by Crippen LogP contribution is 2.22. The van der Waals surface area contributed by atoms with E-state index in [0.717, 1.165) is 21.5 Å². The number of nitrogens with one attached hydrogen (secondary N) is 1. The monoisotopic (exact) mass is 166 g/mol. The summed E-state index contributed by atoms with van der Waals surface area (Å²) in [7, 11) is 0. The molecular weight excluding hydrogens is 160 g/mol. The molecule has 0 aliphatic carbocycles. The van der Waals surface area contributed by atoms with Crippen molar-refractivity contribution in [2.75, 3.05) is 0 Å². The molecular formula is C8H7ClN2. The van der Waals surface area contributed by atoms with Crippen LogP contribution in [0.5, 0.6) is 0 Å². The highest BCUT2D eigenvalue weighted by Gasteiger charge is 2.01. The van der Waals surface area contributed by atoms with Crippen LogP contribution in [0.4, 0.5) is 0 Å². The number of benzene rings is 1. The summed E-state index contributed by atoms with van der Waals surface area (Å²) >= 11 is 5.90. The minimum Gasteiger partial charge on any atom is -0.278 e. The molecule has 0 saturated heterocycles. The quantitative estimate of drug-likeness (QED) is 0.640. The second-order valence-corrected chi connectivity index (χ2v) is 2.91. The van der Waals surface area contributed by atoms with Crippen molar-refractivity contribution in [3.8, 4) is 0 Å². The Hall–Kier alpha value is -1.02. The number of nitrogens with zero attached hydrogens (tertiary/aromatic N) is 1. The van der Waals surface area contributed by atoms with E-state index in [9.17, 15) is 0 Å². The molecule has 0 aliphatic heterocycles. The van der Waals surface area contributed by atoms with Gasteiger partial charge in [0.05, 0.1) is 11.7 Å². The van der Waals surface area contributed by atoms with Crippen LogP contribution >= 0.6 is 11.6 Å². The number of rotatable bonds is 0. The van der Waals surface area contributed by atoms with Gasteiger partial charge in [0.2, 0.25) is 0 Å². The molecule has 1 N–H and O–H groups in total. The Morgan fingerprint density at radius 1 is 1.45 bits per heavy atom. The van der Waals surface area contributed by atoms with Gasteiger partial charge >= 0.3 is 0 Å². The van der Waals surface area contributed by atoms with Gasteiger partial charge in [-0.3, -0.25) is 5.10 Å². The number of hydrogen-bond acceptors (Lipinski definition) is 1. The number of aromatic amines is 1. The average Bonchev–Trinajstić information content (AvgIpc) is 2.45. The molecule has 0 atom stereocenters. The Bertz CT molecular complexity index is 392. The number of H-pyrrole nitrogens is 1. The molecule has 0 amide bonds. The molecule has 2 rings (SSSR count). The van der Waals surface area contributed by atoms with Crippen LogP contribution in [0, 0.1) is 6.92 Å². The van der Waals surface area contributed by atoms with E-state index in [1.54, 1.807) is 6.20 Å². The Kier molecular flexibility index (Phi) is 1.36. The van der Waals surface area contributed by atoms with Gasteiger partial charge < -0.3 is 0 Å². The van der Waals surface area contributed by atoms with Gasteiger partial charge in [0.25, 0.3) is 0 Å². The summed E-state index contributed by atoms with van der Waals surface area (Å²) in [6, 6.07) is 3.80. The second kappa shape index (κ2) is 2.24. The predicted molar refractivity (Wildman–Crippen MR) is 45.8 cm³/mol. The van der Waals surface area contributed by atoms with Crippen LogP contribution < -0.4 is 0 Å². The van der Waals surface area contributed by atoms with Crippen molar-refractivity contribution in [1.82, 2.24) is 10.2 Å². The van der Waals surface area contributed by atoms with Crippen molar-refractivity contribution in [2.24, 2.45) is 0 Å². The first kappa shape index (κ1) is 6.68. The fourth-order valence-electron chi connectivity index (χ4n) is 1.13. The molecule has 11 heavy (non-hydrogen) atoms. The summed E-state index contributed by atoms with van der Waals surface area (Å²) in [6.07, 6.45) is 1.79. The van der Waals surface area contributed by atoms with Crippen LogP contribution in [0.2, 0.25) is 5.02 Å². The van der Waals surface area contributed by atoms with E-state index in [2.05, 4.69) is 10.2 Å². The van der Waals surface area contributed by atoms with Gasteiger partial charge in [0, 0.05) is 10.4 Å². The molecule has 0 fully saturated rings. The van der Waals surface area contributed by atoms with E-state index < -0.39 is 0 Å². The zero-order chi connectivity index (χ0) is 7.84. The molecule has 0 bridgehead atoms. The third-order valence-electron chi connectivity index (χ3n) is 1.83. The minimum absolute atomic E-state index is 0.791. The fourth-order valence-corrected chi connectivity index (χ4v) is 1.30. The molecule has 0 aliphatic rings. The zero-order valence-electron chi connectivity index (χ0n) is 6.06. The third kappa shape index (κ3) is 0.906. The van der Waals surface area contributed by atoms with Gasteiger partial charge in [-0.05, 0) is 24.6 Å². The molecule has 56 valence electrons. The zero-order valence-corrected chi connectivity index (χ0v) is 6.81. The van der Waals surface area contributed by atoms with Gasteiger partial charge in [0.1, 0.15) is 0 Å². The summed E-state index contributed by atoms with van der Waals surface area (Å²) in [5.41, 5.74) is 2.12. The molecule has 0 saturated carbocycles. The highest BCUT2D eigenvalue weighted by atomic mass is 35.5. The van der Waals surface area contributed by atoms with Crippen molar-refractivity contribution in [3.63, 3.8) is 0 Å². The van der Waals surface area contributed by atoms with Crippen LogP contribution in [0.25, 0.3) is 10.9 Å². The SMILES string of the molecule is Cc1c(Cl)ccc2[nH]ncc12. The number of aryl methyl sites for hydroxylation is 1. The summed E-state index contributed by atoms with van der Waals surface area (Å²) in [5.74, 6) is 0. The number of hydrogen-bond donors (Lipinski definition) is 1. The first-order valence-electron chi connectivity index (χ1n) is 3.37. The summed E-state index contributed by atoms with van der Waals surface area (Å²) in [4.78, 5) is 0.